The van der Waals surface area contributed by atoms with Crippen LogP contribution in [0.5, 0.6) is 11.5 Å². The Kier molecular flexibility index (Phi) is 6.02. The third kappa shape index (κ3) is 4.69. The highest BCUT2D eigenvalue weighted by molar-refractivity contribution is 5.91. The van der Waals surface area contributed by atoms with Crippen molar-refractivity contribution >= 4 is 11.7 Å². The van der Waals surface area contributed by atoms with Crippen LogP contribution in [0.4, 0.5) is 5.82 Å². The van der Waals surface area contributed by atoms with E-state index in [4.69, 9.17) is 13.9 Å². The molecule has 0 saturated carbocycles. The van der Waals surface area contributed by atoms with Crippen LogP contribution in [-0.4, -0.2) is 39.4 Å². The molecule has 0 bridgehead atoms. The standard InChI is InChI=1S/C22H21N5O5/c1-3-14-10-20(28)25-22(23-14)27-19(12-17(26-27)18-8-5-9-31-18)24-21(29)13-32-16-7-4-6-15(11-16)30-2/h4-12H,3,13H2,1-2H3,(H,24,29)(H,23,25,28). The third-order valence-corrected chi connectivity index (χ3v) is 4.51. The molecule has 4 rings (SSSR count). The van der Waals surface area contributed by atoms with Gasteiger partial charge in [0.25, 0.3) is 11.5 Å². The summed E-state index contributed by atoms with van der Waals surface area (Å²) in [6.45, 7) is 1.65. The number of furan rings is 1. The van der Waals surface area contributed by atoms with E-state index >= 15 is 0 Å². The van der Waals surface area contributed by atoms with Gasteiger partial charge in [0.15, 0.2) is 12.4 Å². The molecule has 164 valence electrons. The summed E-state index contributed by atoms with van der Waals surface area (Å²) >= 11 is 0. The highest BCUT2D eigenvalue weighted by Gasteiger charge is 2.17. The molecule has 3 heterocycles. The second-order valence-corrected chi connectivity index (χ2v) is 6.73. The predicted octanol–water partition coefficient (Wildman–Crippen LogP) is 2.80. The number of methoxy groups -OCH3 is 1. The smallest absolute Gasteiger partial charge is 0.263 e. The van der Waals surface area contributed by atoms with E-state index in [0.717, 1.165) is 0 Å². The SMILES string of the molecule is CCc1cc(=O)[nH]c(-n2nc(-c3ccco3)cc2NC(=O)COc2cccc(OC)c2)n1. The minimum absolute atomic E-state index is 0.177. The number of carbonyl (C=O) groups excluding carboxylic acids is 1. The summed E-state index contributed by atoms with van der Waals surface area (Å²) in [5.74, 6) is 1.67. The molecule has 32 heavy (non-hydrogen) atoms. The second-order valence-electron chi connectivity index (χ2n) is 6.73. The number of H-pyrrole nitrogens is 1. The Labute approximate surface area is 182 Å². The molecule has 10 nitrogen and oxygen atoms in total. The lowest BCUT2D eigenvalue weighted by Crippen LogP contribution is -2.23. The fraction of sp³-hybridized carbons (Fsp3) is 0.182. The van der Waals surface area contributed by atoms with Crippen LogP contribution in [0.15, 0.2) is 64.0 Å². The monoisotopic (exact) mass is 435 g/mol. The molecule has 0 aliphatic carbocycles. The minimum Gasteiger partial charge on any atom is -0.497 e. The topological polar surface area (TPSA) is 124 Å². The van der Waals surface area contributed by atoms with E-state index in [1.54, 1.807) is 49.6 Å². The van der Waals surface area contributed by atoms with Crippen molar-refractivity contribution in [2.45, 2.75) is 13.3 Å². The highest BCUT2D eigenvalue weighted by Crippen LogP contribution is 2.24. The van der Waals surface area contributed by atoms with Crippen molar-refractivity contribution in [1.82, 2.24) is 19.7 Å². The number of aromatic nitrogens is 4. The van der Waals surface area contributed by atoms with E-state index in [9.17, 15) is 9.59 Å². The van der Waals surface area contributed by atoms with Crippen molar-refractivity contribution in [2.75, 3.05) is 19.0 Å². The Morgan fingerprint density at radius 2 is 2.03 bits per heavy atom. The normalized spacial score (nSPS) is 10.7. The van der Waals surface area contributed by atoms with Crippen molar-refractivity contribution in [1.29, 1.82) is 0 Å². The summed E-state index contributed by atoms with van der Waals surface area (Å²) < 4.78 is 17.5. The lowest BCUT2D eigenvalue weighted by atomic mass is 10.3. The van der Waals surface area contributed by atoms with Gasteiger partial charge >= 0.3 is 0 Å². The summed E-state index contributed by atoms with van der Waals surface area (Å²) in [5.41, 5.74) is 0.738. The Morgan fingerprint density at radius 1 is 1.19 bits per heavy atom. The predicted molar refractivity (Wildman–Crippen MR) is 116 cm³/mol. The quantitative estimate of drug-likeness (QED) is 0.436. The van der Waals surface area contributed by atoms with Crippen molar-refractivity contribution in [2.24, 2.45) is 0 Å². The van der Waals surface area contributed by atoms with E-state index in [1.165, 1.54) is 17.0 Å². The van der Waals surface area contributed by atoms with Crippen LogP contribution in [0.25, 0.3) is 17.4 Å². The molecule has 2 N–H and O–H groups in total. The molecular weight excluding hydrogens is 414 g/mol. The number of benzene rings is 1. The van der Waals surface area contributed by atoms with Gasteiger partial charge in [0.2, 0.25) is 5.95 Å². The molecule has 1 amide bonds. The Balaban J connectivity index is 1.60. The summed E-state index contributed by atoms with van der Waals surface area (Å²) in [4.78, 5) is 31.7. The number of amides is 1. The van der Waals surface area contributed by atoms with E-state index in [2.05, 4.69) is 20.4 Å². The van der Waals surface area contributed by atoms with Crippen molar-refractivity contribution in [3.8, 4) is 28.9 Å². The van der Waals surface area contributed by atoms with E-state index < -0.39 is 5.91 Å². The Hall–Kier alpha value is -4.34. The molecule has 0 radical (unpaired) electrons. The molecular formula is C22H21N5O5. The number of nitrogens with one attached hydrogen (secondary N) is 2. The fourth-order valence-corrected chi connectivity index (χ4v) is 2.97. The van der Waals surface area contributed by atoms with Crippen LogP contribution in [-0.2, 0) is 11.2 Å². The van der Waals surface area contributed by atoms with Crippen LogP contribution in [0.2, 0.25) is 0 Å². The number of hydrogen-bond donors (Lipinski definition) is 2. The molecule has 3 aromatic heterocycles. The van der Waals surface area contributed by atoms with Gasteiger partial charge in [-0.1, -0.05) is 13.0 Å². The zero-order valence-electron chi connectivity index (χ0n) is 17.5. The van der Waals surface area contributed by atoms with Crippen molar-refractivity contribution in [3.63, 3.8) is 0 Å². The van der Waals surface area contributed by atoms with Gasteiger partial charge in [-0.05, 0) is 30.7 Å². The molecule has 4 aromatic rings. The van der Waals surface area contributed by atoms with E-state index in [1.807, 2.05) is 6.92 Å². The second kappa shape index (κ2) is 9.21. The molecule has 0 saturated heterocycles. The van der Waals surface area contributed by atoms with Gasteiger partial charge in [-0.2, -0.15) is 9.78 Å². The van der Waals surface area contributed by atoms with Gasteiger partial charge in [0.1, 0.15) is 23.0 Å². The van der Waals surface area contributed by atoms with Crippen LogP contribution in [0, 0.1) is 0 Å². The molecule has 10 heteroatoms. The highest BCUT2D eigenvalue weighted by atomic mass is 16.5. The first kappa shape index (κ1) is 20.9. The van der Waals surface area contributed by atoms with Crippen molar-refractivity contribution in [3.05, 3.63) is 70.8 Å². The average molecular weight is 435 g/mol. The number of carbonyl (C=O) groups is 1. The van der Waals surface area contributed by atoms with Crippen LogP contribution < -0.4 is 20.3 Å². The first-order valence-corrected chi connectivity index (χ1v) is 9.87. The van der Waals surface area contributed by atoms with E-state index in [-0.39, 0.29) is 18.1 Å². The van der Waals surface area contributed by atoms with E-state index in [0.29, 0.717) is 40.9 Å². The molecule has 0 fully saturated rings. The van der Waals surface area contributed by atoms with Crippen LogP contribution >= 0.6 is 0 Å². The molecule has 0 aliphatic heterocycles. The number of aromatic amines is 1. The molecule has 0 aliphatic rings. The fourth-order valence-electron chi connectivity index (χ4n) is 2.97. The summed E-state index contributed by atoms with van der Waals surface area (Å²) in [5, 5.41) is 7.20. The largest absolute Gasteiger partial charge is 0.497 e. The summed E-state index contributed by atoms with van der Waals surface area (Å²) in [6.07, 6.45) is 2.09. The van der Waals surface area contributed by atoms with Crippen molar-refractivity contribution < 1.29 is 18.7 Å². The van der Waals surface area contributed by atoms with Gasteiger partial charge in [-0.3, -0.25) is 14.6 Å². The van der Waals surface area contributed by atoms with Crippen LogP contribution in [0.1, 0.15) is 12.6 Å². The number of hydrogen-bond acceptors (Lipinski definition) is 7. The third-order valence-electron chi connectivity index (χ3n) is 4.51. The summed E-state index contributed by atoms with van der Waals surface area (Å²) in [6, 6.07) is 13.5. The number of aryl methyl sites for hydroxylation is 1. The lowest BCUT2D eigenvalue weighted by Gasteiger charge is -2.10. The average Bonchev–Trinajstić information content (AvgIpc) is 3.47. The maximum Gasteiger partial charge on any atom is 0.263 e. The van der Waals surface area contributed by atoms with Gasteiger partial charge in [-0.15, -0.1) is 0 Å². The Bertz CT molecular complexity index is 1280. The molecule has 0 spiro atoms. The zero-order chi connectivity index (χ0) is 22.5. The molecule has 1 aromatic carbocycles. The first-order valence-electron chi connectivity index (χ1n) is 9.87. The maximum absolute atomic E-state index is 12.6. The minimum atomic E-state index is -0.422. The number of ether oxygens (including phenoxy) is 2. The zero-order valence-corrected chi connectivity index (χ0v) is 17.5. The maximum atomic E-state index is 12.6. The number of rotatable bonds is 8. The van der Waals surface area contributed by atoms with Gasteiger partial charge in [0, 0.05) is 23.9 Å². The van der Waals surface area contributed by atoms with Gasteiger partial charge in [-0.25, -0.2) is 4.98 Å². The first-order chi connectivity index (χ1) is 15.6. The van der Waals surface area contributed by atoms with Crippen LogP contribution in [0.3, 0.4) is 0 Å². The number of nitrogens with zero attached hydrogens (tertiary/aromatic N) is 3. The Morgan fingerprint density at radius 3 is 2.78 bits per heavy atom. The van der Waals surface area contributed by atoms with Gasteiger partial charge < -0.3 is 19.2 Å². The lowest BCUT2D eigenvalue weighted by molar-refractivity contribution is -0.118. The van der Waals surface area contributed by atoms with Gasteiger partial charge in [0.05, 0.1) is 13.4 Å². The number of anilines is 1. The molecule has 0 unspecified atom stereocenters. The summed E-state index contributed by atoms with van der Waals surface area (Å²) in [7, 11) is 1.55. The molecule has 0 atom stereocenters.